The highest BCUT2D eigenvalue weighted by molar-refractivity contribution is 5.33. The molecule has 1 aliphatic rings. The van der Waals surface area contributed by atoms with Gasteiger partial charge in [-0.15, -0.1) is 0 Å². The van der Waals surface area contributed by atoms with E-state index in [9.17, 15) is 10.1 Å². The predicted octanol–water partition coefficient (Wildman–Crippen LogP) is 1.40. The van der Waals surface area contributed by atoms with Crippen molar-refractivity contribution in [1.29, 1.82) is 0 Å². The van der Waals surface area contributed by atoms with Crippen LogP contribution in [-0.2, 0) is 4.84 Å². The van der Waals surface area contributed by atoms with Gasteiger partial charge in [0.15, 0.2) is 6.23 Å². The van der Waals surface area contributed by atoms with E-state index in [4.69, 9.17) is 4.84 Å². The molecular weight excluding hydrogens is 222 g/mol. The van der Waals surface area contributed by atoms with Crippen LogP contribution in [0.15, 0.2) is 24.3 Å². The van der Waals surface area contributed by atoms with Gasteiger partial charge in [0, 0.05) is 32.3 Å². The lowest BCUT2D eigenvalue weighted by molar-refractivity contribution is -0.384. The first kappa shape index (κ1) is 12.0. The van der Waals surface area contributed by atoms with Crippen LogP contribution in [0.5, 0.6) is 0 Å². The second-order valence-electron chi connectivity index (χ2n) is 4.14. The van der Waals surface area contributed by atoms with Crippen molar-refractivity contribution in [1.82, 2.24) is 9.96 Å². The second kappa shape index (κ2) is 4.79. The van der Waals surface area contributed by atoms with Crippen molar-refractivity contribution in [3.63, 3.8) is 0 Å². The van der Waals surface area contributed by atoms with Crippen molar-refractivity contribution in [2.45, 2.75) is 6.23 Å². The molecule has 1 saturated heterocycles. The molecule has 2 rings (SSSR count). The predicted molar refractivity (Wildman–Crippen MR) is 62.2 cm³/mol. The van der Waals surface area contributed by atoms with E-state index in [1.54, 1.807) is 17.2 Å². The molecule has 6 nitrogen and oxygen atoms in total. The molecule has 0 bridgehead atoms. The normalized spacial score (nSPS) is 22.6. The fourth-order valence-corrected chi connectivity index (χ4v) is 1.80. The van der Waals surface area contributed by atoms with Crippen molar-refractivity contribution >= 4 is 5.69 Å². The largest absolute Gasteiger partial charge is 0.275 e. The number of likely N-dealkylation sites (N-methyl/N-ethyl adjacent to an activating group) is 2. The first-order valence-corrected chi connectivity index (χ1v) is 5.40. The van der Waals surface area contributed by atoms with Gasteiger partial charge in [0.2, 0.25) is 0 Å². The molecule has 1 aromatic carbocycles. The topological polar surface area (TPSA) is 58.9 Å². The number of benzene rings is 1. The maximum atomic E-state index is 10.6. The van der Waals surface area contributed by atoms with Gasteiger partial charge in [0.05, 0.1) is 4.92 Å². The van der Waals surface area contributed by atoms with Gasteiger partial charge in [-0.1, -0.05) is 0 Å². The molecule has 1 unspecified atom stereocenters. The zero-order valence-corrected chi connectivity index (χ0v) is 9.87. The molecule has 1 heterocycles. The summed E-state index contributed by atoms with van der Waals surface area (Å²) in [5.41, 5.74) is 1.02. The van der Waals surface area contributed by atoms with Gasteiger partial charge >= 0.3 is 0 Å². The van der Waals surface area contributed by atoms with Crippen molar-refractivity contribution in [3.05, 3.63) is 39.9 Å². The molecule has 0 radical (unpaired) electrons. The highest BCUT2D eigenvalue weighted by Crippen LogP contribution is 2.26. The average Bonchev–Trinajstić information content (AvgIpc) is 2.32. The molecule has 0 saturated carbocycles. The van der Waals surface area contributed by atoms with Gasteiger partial charge in [-0.2, -0.15) is 5.06 Å². The molecular formula is C11H15N3O3. The third kappa shape index (κ3) is 2.60. The molecule has 1 aromatic rings. The van der Waals surface area contributed by atoms with Crippen LogP contribution in [0.1, 0.15) is 11.8 Å². The zero-order valence-electron chi connectivity index (χ0n) is 9.87. The van der Waals surface area contributed by atoms with E-state index in [1.165, 1.54) is 12.1 Å². The van der Waals surface area contributed by atoms with Gasteiger partial charge in [-0.25, -0.2) is 0 Å². The minimum atomic E-state index is -0.401. The highest BCUT2D eigenvalue weighted by atomic mass is 16.7. The Morgan fingerprint density at radius 1 is 1.29 bits per heavy atom. The van der Waals surface area contributed by atoms with Crippen molar-refractivity contribution in [2.24, 2.45) is 0 Å². The number of nitro groups is 1. The van der Waals surface area contributed by atoms with Crippen LogP contribution in [0.25, 0.3) is 0 Å². The van der Waals surface area contributed by atoms with Crippen LogP contribution in [0.2, 0.25) is 0 Å². The zero-order chi connectivity index (χ0) is 12.4. The summed E-state index contributed by atoms with van der Waals surface area (Å²) in [5.74, 6) is 0. The van der Waals surface area contributed by atoms with E-state index in [0.717, 1.165) is 18.7 Å². The van der Waals surface area contributed by atoms with Gasteiger partial charge in [-0.05, 0) is 24.7 Å². The van der Waals surface area contributed by atoms with Crippen LogP contribution in [0, 0.1) is 10.1 Å². The third-order valence-corrected chi connectivity index (χ3v) is 2.84. The maximum absolute atomic E-state index is 10.6. The molecule has 17 heavy (non-hydrogen) atoms. The van der Waals surface area contributed by atoms with Crippen LogP contribution in [-0.4, -0.2) is 42.1 Å². The van der Waals surface area contributed by atoms with Crippen molar-refractivity contribution in [3.8, 4) is 0 Å². The number of nitrogens with zero attached hydrogens (tertiary/aromatic N) is 3. The molecule has 0 aliphatic carbocycles. The van der Waals surface area contributed by atoms with E-state index in [2.05, 4.69) is 4.90 Å². The molecule has 0 spiro atoms. The van der Waals surface area contributed by atoms with Crippen LogP contribution < -0.4 is 0 Å². The molecule has 1 fully saturated rings. The maximum Gasteiger partial charge on any atom is 0.269 e. The van der Waals surface area contributed by atoms with Crippen LogP contribution in [0.3, 0.4) is 0 Å². The second-order valence-corrected chi connectivity index (χ2v) is 4.14. The van der Waals surface area contributed by atoms with Crippen molar-refractivity contribution < 1.29 is 9.76 Å². The van der Waals surface area contributed by atoms with E-state index >= 15 is 0 Å². The molecule has 0 amide bonds. The number of non-ortho nitro benzene ring substituents is 1. The summed E-state index contributed by atoms with van der Waals surface area (Å²) in [4.78, 5) is 17.9. The quantitative estimate of drug-likeness (QED) is 0.575. The number of hydrogen-bond donors (Lipinski definition) is 0. The molecule has 1 atom stereocenters. The Balaban J connectivity index is 2.18. The summed E-state index contributed by atoms with van der Waals surface area (Å²) < 4.78 is 0. The molecule has 92 valence electrons. The minimum Gasteiger partial charge on any atom is -0.275 e. The van der Waals surface area contributed by atoms with E-state index in [0.29, 0.717) is 0 Å². The summed E-state index contributed by atoms with van der Waals surface area (Å²) in [6.07, 6.45) is -0.172. The minimum absolute atomic E-state index is 0.0977. The molecule has 6 heteroatoms. The Hall–Kier alpha value is -1.50. The Morgan fingerprint density at radius 2 is 1.94 bits per heavy atom. The monoisotopic (exact) mass is 237 g/mol. The van der Waals surface area contributed by atoms with Crippen molar-refractivity contribution in [2.75, 3.05) is 27.2 Å². The Kier molecular flexibility index (Phi) is 3.37. The Labute approximate surface area is 99.5 Å². The number of nitro benzene ring substituents is 1. The highest BCUT2D eigenvalue weighted by Gasteiger charge is 2.25. The number of hydroxylamine groups is 2. The standard InChI is InChI=1S/C11H15N3O3/c1-12-7-8-13(2)17-11(12)9-3-5-10(6-4-9)14(15)16/h3-6,11H,7-8H2,1-2H3. The first-order chi connectivity index (χ1) is 8.08. The van der Waals surface area contributed by atoms with Gasteiger partial charge < -0.3 is 0 Å². The number of hydrogen-bond acceptors (Lipinski definition) is 5. The van der Waals surface area contributed by atoms with E-state index in [1.807, 2.05) is 14.1 Å². The molecule has 0 N–H and O–H groups in total. The van der Waals surface area contributed by atoms with Crippen LogP contribution in [0.4, 0.5) is 5.69 Å². The lowest BCUT2D eigenvalue weighted by Gasteiger charge is -2.37. The van der Waals surface area contributed by atoms with Gasteiger partial charge in [0.25, 0.3) is 5.69 Å². The lowest BCUT2D eigenvalue weighted by Crippen LogP contribution is -2.43. The Bertz CT molecular complexity index is 407. The van der Waals surface area contributed by atoms with E-state index < -0.39 is 4.92 Å². The molecule has 1 aliphatic heterocycles. The summed E-state index contributed by atoms with van der Waals surface area (Å²) in [6.45, 7) is 1.75. The molecule has 0 aromatic heterocycles. The fourth-order valence-electron chi connectivity index (χ4n) is 1.80. The third-order valence-electron chi connectivity index (χ3n) is 2.84. The summed E-state index contributed by atoms with van der Waals surface area (Å²) in [6, 6.07) is 6.47. The van der Waals surface area contributed by atoms with Gasteiger partial charge in [-0.3, -0.25) is 19.9 Å². The first-order valence-electron chi connectivity index (χ1n) is 5.40. The SMILES string of the molecule is CN1CCN(C)C(c2ccc([N+](=O)[O-])cc2)O1. The van der Waals surface area contributed by atoms with Gasteiger partial charge in [0.1, 0.15) is 0 Å². The Morgan fingerprint density at radius 3 is 2.53 bits per heavy atom. The van der Waals surface area contributed by atoms with Crippen LogP contribution >= 0.6 is 0 Å². The summed E-state index contributed by atoms with van der Waals surface area (Å²) >= 11 is 0. The fraction of sp³-hybridized carbons (Fsp3) is 0.455. The summed E-state index contributed by atoms with van der Waals surface area (Å²) in [5, 5.41) is 12.3. The average molecular weight is 237 g/mol. The lowest BCUT2D eigenvalue weighted by atomic mass is 10.1. The smallest absolute Gasteiger partial charge is 0.269 e. The number of rotatable bonds is 2. The van der Waals surface area contributed by atoms with E-state index in [-0.39, 0.29) is 11.9 Å². The summed E-state index contributed by atoms with van der Waals surface area (Å²) in [7, 11) is 3.85.